The van der Waals surface area contributed by atoms with Gasteiger partial charge in [0.15, 0.2) is 5.84 Å². The van der Waals surface area contributed by atoms with Crippen LogP contribution in [-0.4, -0.2) is 17.8 Å². The van der Waals surface area contributed by atoms with E-state index in [4.69, 9.17) is 4.84 Å². The number of carbonyl (C=O) groups excluding carboxylic acids is 1. The van der Waals surface area contributed by atoms with Gasteiger partial charge in [0.25, 0.3) is 0 Å². The average molecular weight is 182 g/mol. The lowest BCUT2D eigenvalue weighted by molar-refractivity contribution is -0.125. The molecular formula is C9H14N2O2. The number of amidine groups is 1. The van der Waals surface area contributed by atoms with Gasteiger partial charge in [0.2, 0.25) is 5.91 Å². The average Bonchev–Trinajstić information content (AvgIpc) is 2.31. The largest absolute Gasteiger partial charge is 0.391 e. The maximum atomic E-state index is 11.4. The van der Waals surface area contributed by atoms with Crippen molar-refractivity contribution in [2.75, 3.05) is 0 Å². The smallest absolute Gasteiger partial charge is 0.228 e. The van der Waals surface area contributed by atoms with Crippen LogP contribution in [0, 0.1) is 5.92 Å². The summed E-state index contributed by atoms with van der Waals surface area (Å²) < 4.78 is 0. The molecule has 1 aliphatic carbocycles. The minimum atomic E-state index is 0.108. The van der Waals surface area contributed by atoms with Gasteiger partial charge in [-0.25, -0.2) is 0 Å². The molecule has 2 aliphatic rings. The van der Waals surface area contributed by atoms with Crippen molar-refractivity contribution in [2.24, 2.45) is 11.1 Å². The molecule has 13 heavy (non-hydrogen) atoms. The second kappa shape index (κ2) is 3.36. The number of nitrogens with one attached hydrogen (secondary N) is 1. The summed E-state index contributed by atoms with van der Waals surface area (Å²) in [4.78, 5) is 16.4. The molecule has 0 aromatic rings. The fourth-order valence-corrected chi connectivity index (χ4v) is 1.49. The Kier molecular flexibility index (Phi) is 2.20. The van der Waals surface area contributed by atoms with E-state index in [0.717, 1.165) is 19.3 Å². The highest BCUT2D eigenvalue weighted by Gasteiger charge is 2.27. The molecule has 0 aromatic carbocycles. The summed E-state index contributed by atoms with van der Waals surface area (Å²) in [5, 5.41) is 6.58. The third-order valence-electron chi connectivity index (χ3n) is 2.57. The van der Waals surface area contributed by atoms with Gasteiger partial charge in [-0.15, -0.1) is 0 Å². The minimum Gasteiger partial charge on any atom is -0.391 e. The lowest BCUT2D eigenvalue weighted by Gasteiger charge is -2.23. The predicted molar refractivity (Wildman–Crippen MR) is 48.1 cm³/mol. The van der Waals surface area contributed by atoms with Crippen molar-refractivity contribution < 1.29 is 9.63 Å². The summed E-state index contributed by atoms with van der Waals surface area (Å²) >= 11 is 0. The van der Waals surface area contributed by atoms with Crippen LogP contribution in [0.3, 0.4) is 0 Å². The molecule has 1 fully saturated rings. The second-order valence-corrected chi connectivity index (χ2v) is 3.78. The van der Waals surface area contributed by atoms with Crippen LogP contribution < -0.4 is 5.32 Å². The first-order valence-electron chi connectivity index (χ1n) is 4.79. The number of amides is 1. The summed E-state index contributed by atoms with van der Waals surface area (Å²) in [5.41, 5.74) is 0. The first-order chi connectivity index (χ1) is 6.25. The Morgan fingerprint density at radius 2 is 2.38 bits per heavy atom. The van der Waals surface area contributed by atoms with Gasteiger partial charge < -0.3 is 10.2 Å². The molecule has 0 saturated heterocycles. The fraction of sp³-hybridized carbons (Fsp3) is 0.778. The Bertz CT molecular complexity index is 246. The first-order valence-corrected chi connectivity index (χ1v) is 4.79. The van der Waals surface area contributed by atoms with E-state index in [-0.39, 0.29) is 17.9 Å². The lowest BCUT2D eigenvalue weighted by atomic mass is 9.85. The Morgan fingerprint density at radius 3 is 2.85 bits per heavy atom. The minimum absolute atomic E-state index is 0.108. The number of hydrogen-bond donors (Lipinski definition) is 1. The standard InChI is InChI=1S/C9H14N2O2/c1-6-5-8(11-13-6)10-9(12)7-3-2-4-7/h6-7H,2-5H2,1H3,(H,10,11,12). The molecule has 0 aromatic heterocycles. The molecule has 0 bridgehead atoms. The quantitative estimate of drug-likeness (QED) is 0.658. The van der Waals surface area contributed by atoms with E-state index in [1.807, 2.05) is 6.92 Å². The van der Waals surface area contributed by atoms with Crippen molar-refractivity contribution in [1.82, 2.24) is 5.32 Å². The number of hydrogen-bond acceptors (Lipinski definition) is 3. The maximum absolute atomic E-state index is 11.4. The summed E-state index contributed by atoms with van der Waals surface area (Å²) in [6.07, 6.45) is 4.05. The topological polar surface area (TPSA) is 50.7 Å². The second-order valence-electron chi connectivity index (χ2n) is 3.78. The molecule has 4 nitrogen and oxygen atoms in total. The molecular weight excluding hydrogens is 168 g/mol. The van der Waals surface area contributed by atoms with Gasteiger partial charge in [0.05, 0.1) is 0 Å². The van der Waals surface area contributed by atoms with Crippen LogP contribution in [0.15, 0.2) is 5.16 Å². The monoisotopic (exact) mass is 182 g/mol. The molecule has 0 radical (unpaired) electrons. The summed E-state index contributed by atoms with van der Waals surface area (Å²) in [5.74, 6) is 1.02. The molecule has 1 atom stereocenters. The van der Waals surface area contributed by atoms with Crippen molar-refractivity contribution in [3.05, 3.63) is 0 Å². The van der Waals surface area contributed by atoms with Crippen LogP contribution in [0.4, 0.5) is 0 Å². The first kappa shape index (κ1) is 8.53. The molecule has 1 amide bonds. The predicted octanol–water partition coefficient (Wildman–Crippen LogP) is 1.02. The van der Waals surface area contributed by atoms with E-state index in [1.54, 1.807) is 0 Å². The maximum Gasteiger partial charge on any atom is 0.228 e. The number of oxime groups is 1. The molecule has 1 N–H and O–H groups in total. The summed E-state index contributed by atoms with van der Waals surface area (Å²) in [6.45, 7) is 1.94. The Hall–Kier alpha value is -1.06. The van der Waals surface area contributed by atoms with Gasteiger partial charge in [-0.05, 0) is 19.8 Å². The van der Waals surface area contributed by atoms with Crippen molar-refractivity contribution in [3.63, 3.8) is 0 Å². The SMILES string of the molecule is CC1CC(NC(=O)C2CCC2)=NO1. The summed E-state index contributed by atoms with van der Waals surface area (Å²) in [6, 6.07) is 0. The van der Waals surface area contributed by atoms with Gasteiger partial charge in [-0.2, -0.15) is 0 Å². The third kappa shape index (κ3) is 1.82. The molecule has 0 spiro atoms. The third-order valence-corrected chi connectivity index (χ3v) is 2.57. The number of nitrogens with zero attached hydrogens (tertiary/aromatic N) is 1. The summed E-state index contributed by atoms with van der Waals surface area (Å²) in [7, 11) is 0. The van der Waals surface area contributed by atoms with Gasteiger partial charge in [0.1, 0.15) is 6.10 Å². The van der Waals surface area contributed by atoms with Gasteiger partial charge in [0, 0.05) is 12.3 Å². The zero-order chi connectivity index (χ0) is 9.26. The van der Waals surface area contributed by atoms with E-state index in [1.165, 1.54) is 6.42 Å². The van der Waals surface area contributed by atoms with E-state index in [9.17, 15) is 4.79 Å². The molecule has 1 saturated carbocycles. The molecule has 1 aliphatic heterocycles. The van der Waals surface area contributed by atoms with Gasteiger partial charge >= 0.3 is 0 Å². The van der Waals surface area contributed by atoms with Crippen molar-refractivity contribution in [3.8, 4) is 0 Å². The zero-order valence-electron chi connectivity index (χ0n) is 7.75. The molecule has 1 unspecified atom stereocenters. The lowest BCUT2D eigenvalue weighted by Crippen LogP contribution is -2.38. The normalized spacial score (nSPS) is 27.5. The van der Waals surface area contributed by atoms with Crippen LogP contribution >= 0.6 is 0 Å². The van der Waals surface area contributed by atoms with Gasteiger partial charge in [-0.1, -0.05) is 11.6 Å². The van der Waals surface area contributed by atoms with Gasteiger partial charge in [-0.3, -0.25) is 4.79 Å². The fourth-order valence-electron chi connectivity index (χ4n) is 1.49. The zero-order valence-corrected chi connectivity index (χ0v) is 7.75. The highest BCUT2D eigenvalue weighted by atomic mass is 16.6. The van der Waals surface area contributed by atoms with E-state index in [0.29, 0.717) is 5.84 Å². The molecule has 72 valence electrons. The van der Waals surface area contributed by atoms with Crippen LogP contribution in [0.1, 0.15) is 32.6 Å². The van der Waals surface area contributed by atoms with Crippen molar-refractivity contribution in [1.29, 1.82) is 0 Å². The van der Waals surface area contributed by atoms with E-state index in [2.05, 4.69) is 10.5 Å². The number of rotatable bonds is 1. The molecule has 2 rings (SSSR count). The Morgan fingerprint density at radius 1 is 1.62 bits per heavy atom. The van der Waals surface area contributed by atoms with E-state index < -0.39 is 0 Å². The van der Waals surface area contributed by atoms with Crippen LogP contribution in [0.25, 0.3) is 0 Å². The number of carbonyl (C=O) groups is 1. The van der Waals surface area contributed by atoms with Crippen LogP contribution in [-0.2, 0) is 9.63 Å². The molecule has 4 heteroatoms. The highest BCUT2D eigenvalue weighted by molar-refractivity contribution is 5.99. The van der Waals surface area contributed by atoms with E-state index >= 15 is 0 Å². The highest BCUT2D eigenvalue weighted by Crippen LogP contribution is 2.26. The van der Waals surface area contributed by atoms with Crippen molar-refractivity contribution >= 4 is 11.7 Å². The van der Waals surface area contributed by atoms with Crippen molar-refractivity contribution in [2.45, 2.75) is 38.7 Å². The Balaban J connectivity index is 1.80. The Labute approximate surface area is 77.3 Å². The van der Waals surface area contributed by atoms with Crippen LogP contribution in [0.2, 0.25) is 0 Å². The van der Waals surface area contributed by atoms with Crippen LogP contribution in [0.5, 0.6) is 0 Å². The molecule has 1 heterocycles.